The van der Waals surface area contributed by atoms with Crippen LogP contribution in [-0.4, -0.2) is 51.4 Å². The molecule has 3 N–H and O–H groups in total. The molecule has 1 aliphatic carbocycles. The van der Waals surface area contributed by atoms with Crippen LogP contribution in [0.3, 0.4) is 0 Å². The van der Waals surface area contributed by atoms with Gasteiger partial charge in [-0.25, -0.2) is 15.0 Å². The Morgan fingerprint density at radius 3 is 2.58 bits per heavy atom. The summed E-state index contributed by atoms with van der Waals surface area (Å²) in [5.74, 6) is 4.45. The van der Waals surface area contributed by atoms with Crippen LogP contribution in [0.2, 0.25) is 0 Å². The van der Waals surface area contributed by atoms with Gasteiger partial charge in [0.05, 0.1) is 0 Å². The molecule has 0 unspecified atom stereocenters. The first-order chi connectivity index (χ1) is 12.6. The second-order valence-electron chi connectivity index (χ2n) is 7.47. The van der Waals surface area contributed by atoms with Crippen LogP contribution >= 0.6 is 0 Å². The number of hydrogen-bond donors (Lipinski definition) is 2. The molecule has 0 spiro atoms. The molecule has 2 aromatic heterocycles. The molecule has 2 aromatic rings. The molecule has 0 atom stereocenters. The minimum atomic E-state index is 0.310. The number of nitrogens with zero attached hydrogens (tertiary/aromatic N) is 5. The Kier molecular flexibility index (Phi) is 4.86. The highest BCUT2D eigenvalue weighted by Gasteiger charge is 2.30. The molecule has 2 aliphatic rings. The van der Waals surface area contributed by atoms with E-state index in [0.717, 1.165) is 67.8 Å². The summed E-state index contributed by atoms with van der Waals surface area (Å²) in [6.45, 7) is 4.28. The molecule has 0 aromatic carbocycles. The van der Waals surface area contributed by atoms with Crippen molar-refractivity contribution in [3.05, 3.63) is 29.2 Å². The second kappa shape index (κ2) is 7.28. The Morgan fingerprint density at radius 1 is 1.19 bits per heavy atom. The molecular weight excluding hydrogens is 330 g/mol. The zero-order chi connectivity index (χ0) is 18.1. The number of piperidine rings is 1. The van der Waals surface area contributed by atoms with Crippen LogP contribution in [-0.2, 0) is 11.3 Å². The van der Waals surface area contributed by atoms with E-state index in [0.29, 0.717) is 24.5 Å². The van der Waals surface area contributed by atoms with Crippen molar-refractivity contribution in [2.75, 3.05) is 25.1 Å². The fraction of sp³-hybridized carbons (Fsp3) is 0.667. The van der Waals surface area contributed by atoms with Gasteiger partial charge in [0.15, 0.2) is 11.6 Å². The predicted molar refractivity (Wildman–Crippen MR) is 98.0 cm³/mol. The lowest BCUT2D eigenvalue weighted by atomic mass is 9.78. The van der Waals surface area contributed by atoms with Crippen LogP contribution in [0.5, 0.6) is 0 Å². The molecule has 3 heterocycles. The minimum absolute atomic E-state index is 0.310. The smallest absolute Gasteiger partial charge is 0.156 e. The SMILES string of the molecule is COCc1nc(C2CC(N)C2)cc(N2CCC(c3n[nH]c(C)n3)CC2)n1. The zero-order valence-electron chi connectivity index (χ0n) is 15.5. The third kappa shape index (κ3) is 3.57. The molecule has 4 rings (SSSR count). The quantitative estimate of drug-likeness (QED) is 0.838. The molecule has 2 fully saturated rings. The van der Waals surface area contributed by atoms with Crippen molar-refractivity contribution >= 4 is 5.82 Å². The number of aromatic nitrogens is 5. The molecular formula is C18H27N7O. The van der Waals surface area contributed by atoms with E-state index >= 15 is 0 Å². The lowest BCUT2D eigenvalue weighted by molar-refractivity contribution is 0.177. The first-order valence-corrected chi connectivity index (χ1v) is 9.38. The summed E-state index contributed by atoms with van der Waals surface area (Å²) in [6, 6.07) is 2.46. The maximum Gasteiger partial charge on any atom is 0.156 e. The predicted octanol–water partition coefficient (Wildman–Crippen LogP) is 1.64. The topological polar surface area (TPSA) is 106 Å². The summed E-state index contributed by atoms with van der Waals surface area (Å²) in [7, 11) is 1.68. The van der Waals surface area contributed by atoms with Crippen molar-refractivity contribution in [1.82, 2.24) is 25.1 Å². The fourth-order valence-corrected chi connectivity index (χ4v) is 3.88. The van der Waals surface area contributed by atoms with Gasteiger partial charge in [0, 0.05) is 49.8 Å². The highest BCUT2D eigenvalue weighted by Crippen LogP contribution is 2.36. The Labute approximate surface area is 153 Å². The third-order valence-corrected chi connectivity index (χ3v) is 5.44. The van der Waals surface area contributed by atoms with Crippen LogP contribution < -0.4 is 10.6 Å². The monoisotopic (exact) mass is 357 g/mol. The van der Waals surface area contributed by atoms with E-state index in [9.17, 15) is 0 Å². The van der Waals surface area contributed by atoms with Gasteiger partial charge in [0.1, 0.15) is 18.2 Å². The summed E-state index contributed by atoms with van der Waals surface area (Å²) in [5, 5.41) is 7.28. The van der Waals surface area contributed by atoms with Crippen molar-refractivity contribution < 1.29 is 4.74 Å². The first-order valence-electron chi connectivity index (χ1n) is 9.38. The number of rotatable bonds is 5. The summed E-state index contributed by atoms with van der Waals surface area (Å²) < 4.78 is 5.27. The number of nitrogens with one attached hydrogen (secondary N) is 1. The van der Waals surface area contributed by atoms with Crippen LogP contribution in [0.4, 0.5) is 5.82 Å². The third-order valence-electron chi connectivity index (χ3n) is 5.44. The molecule has 0 amide bonds. The van der Waals surface area contributed by atoms with E-state index in [-0.39, 0.29) is 0 Å². The average Bonchev–Trinajstić information content (AvgIpc) is 3.06. The maximum atomic E-state index is 5.96. The largest absolute Gasteiger partial charge is 0.377 e. The van der Waals surface area contributed by atoms with E-state index in [1.165, 1.54) is 0 Å². The molecule has 140 valence electrons. The minimum Gasteiger partial charge on any atom is -0.377 e. The van der Waals surface area contributed by atoms with Gasteiger partial charge in [0.2, 0.25) is 0 Å². The number of H-pyrrole nitrogens is 1. The Morgan fingerprint density at radius 2 is 1.96 bits per heavy atom. The second-order valence-corrected chi connectivity index (χ2v) is 7.47. The van der Waals surface area contributed by atoms with Gasteiger partial charge in [-0.15, -0.1) is 0 Å². The number of ether oxygens (including phenoxy) is 1. The van der Waals surface area contributed by atoms with Gasteiger partial charge in [-0.2, -0.15) is 5.10 Å². The van der Waals surface area contributed by atoms with E-state index in [2.05, 4.69) is 26.1 Å². The summed E-state index contributed by atoms with van der Waals surface area (Å²) in [4.78, 5) is 16.3. The number of aryl methyl sites for hydroxylation is 1. The molecule has 1 saturated heterocycles. The van der Waals surface area contributed by atoms with Crippen molar-refractivity contribution in [3.8, 4) is 0 Å². The zero-order valence-corrected chi connectivity index (χ0v) is 15.5. The number of methoxy groups -OCH3 is 1. The van der Waals surface area contributed by atoms with Crippen molar-refractivity contribution in [2.45, 2.75) is 57.1 Å². The van der Waals surface area contributed by atoms with Gasteiger partial charge >= 0.3 is 0 Å². The van der Waals surface area contributed by atoms with E-state index in [4.69, 9.17) is 20.4 Å². The molecule has 1 saturated carbocycles. The van der Waals surface area contributed by atoms with Crippen molar-refractivity contribution in [1.29, 1.82) is 0 Å². The lowest BCUT2D eigenvalue weighted by Gasteiger charge is -2.34. The Hall–Kier alpha value is -2.06. The first kappa shape index (κ1) is 17.4. The van der Waals surface area contributed by atoms with E-state index in [1.54, 1.807) is 7.11 Å². The summed E-state index contributed by atoms with van der Waals surface area (Å²) in [6.07, 6.45) is 4.08. The lowest BCUT2D eigenvalue weighted by Crippen LogP contribution is -2.36. The van der Waals surface area contributed by atoms with E-state index in [1.807, 2.05) is 6.92 Å². The van der Waals surface area contributed by atoms with Crippen molar-refractivity contribution in [3.63, 3.8) is 0 Å². The number of aromatic amines is 1. The van der Waals surface area contributed by atoms with Gasteiger partial charge < -0.3 is 15.4 Å². The van der Waals surface area contributed by atoms with E-state index < -0.39 is 0 Å². The van der Waals surface area contributed by atoms with Gasteiger partial charge in [-0.05, 0) is 32.6 Å². The van der Waals surface area contributed by atoms with Crippen molar-refractivity contribution in [2.24, 2.45) is 5.73 Å². The average molecular weight is 357 g/mol. The highest BCUT2D eigenvalue weighted by atomic mass is 16.5. The maximum absolute atomic E-state index is 5.96. The van der Waals surface area contributed by atoms with Crippen LogP contribution in [0.25, 0.3) is 0 Å². The van der Waals surface area contributed by atoms with Crippen LogP contribution in [0.1, 0.15) is 60.7 Å². The summed E-state index contributed by atoms with van der Waals surface area (Å²) >= 11 is 0. The number of anilines is 1. The van der Waals surface area contributed by atoms with Gasteiger partial charge in [-0.1, -0.05) is 0 Å². The van der Waals surface area contributed by atoms with Crippen LogP contribution in [0, 0.1) is 6.92 Å². The van der Waals surface area contributed by atoms with Crippen LogP contribution in [0.15, 0.2) is 6.07 Å². The normalized spacial score (nSPS) is 23.9. The Balaban J connectivity index is 1.48. The van der Waals surface area contributed by atoms with Gasteiger partial charge in [0.25, 0.3) is 0 Å². The molecule has 26 heavy (non-hydrogen) atoms. The Bertz CT molecular complexity index is 748. The number of hydrogen-bond acceptors (Lipinski definition) is 7. The molecule has 0 bridgehead atoms. The molecule has 0 radical (unpaired) electrons. The molecule has 8 nitrogen and oxygen atoms in total. The summed E-state index contributed by atoms with van der Waals surface area (Å²) in [5.41, 5.74) is 7.07. The molecule has 1 aliphatic heterocycles. The highest BCUT2D eigenvalue weighted by molar-refractivity contribution is 5.42. The van der Waals surface area contributed by atoms with Gasteiger partial charge in [-0.3, -0.25) is 5.10 Å². The number of nitrogens with two attached hydrogens (primary N) is 1. The molecule has 8 heteroatoms. The standard InChI is InChI=1S/C18H27N7O/c1-11-20-18(24-23-11)12-3-5-25(6-4-12)17-9-15(13-7-14(19)8-13)21-16(22-17)10-26-2/h9,12-14H,3-8,10,19H2,1-2H3,(H,20,23,24). The fourth-order valence-electron chi connectivity index (χ4n) is 3.88.